The number of ether oxygens (including phenoxy) is 1. The van der Waals surface area contributed by atoms with E-state index in [2.05, 4.69) is 29.8 Å². The van der Waals surface area contributed by atoms with Crippen molar-refractivity contribution >= 4 is 11.3 Å². The van der Waals surface area contributed by atoms with Gasteiger partial charge in [0.15, 0.2) is 0 Å². The van der Waals surface area contributed by atoms with Gasteiger partial charge in [-0.2, -0.15) is 0 Å². The summed E-state index contributed by atoms with van der Waals surface area (Å²) in [5, 5.41) is 5.30. The molecular weight excluding hydrogens is 228 g/mol. The van der Waals surface area contributed by atoms with Gasteiger partial charge < -0.3 is 4.74 Å². The predicted octanol–water partition coefficient (Wildman–Crippen LogP) is 4.78. The number of rotatable bonds is 6. The van der Waals surface area contributed by atoms with Crippen LogP contribution in [0.25, 0.3) is 11.1 Å². The Hall–Kier alpha value is -1.28. The third-order valence-corrected chi connectivity index (χ3v) is 3.31. The lowest BCUT2D eigenvalue weighted by Gasteiger charge is -2.06. The van der Waals surface area contributed by atoms with Crippen LogP contribution in [0.4, 0.5) is 0 Å². The summed E-state index contributed by atoms with van der Waals surface area (Å²) in [5.41, 5.74) is 2.36. The van der Waals surface area contributed by atoms with Crippen LogP contribution in [0.15, 0.2) is 35.7 Å². The molecule has 0 spiro atoms. The molecule has 0 atom stereocenters. The van der Waals surface area contributed by atoms with Gasteiger partial charge in [0.2, 0.25) is 0 Å². The molecule has 2 aromatic rings. The Morgan fingerprint density at radius 1 is 1.18 bits per heavy atom. The van der Waals surface area contributed by atoms with Gasteiger partial charge in [0.05, 0.1) is 12.0 Å². The van der Waals surface area contributed by atoms with Crippen molar-refractivity contribution in [2.75, 3.05) is 6.61 Å². The van der Waals surface area contributed by atoms with E-state index in [1.165, 1.54) is 18.4 Å². The largest absolute Gasteiger partial charge is 0.491 e. The van der Waals surface area contributed by atoms with Crippen LogP contribution in [0.1, 0.15) is 26.2 Å². The standard InChI is InChI=1S/C15H17OS/c1-2-3-7-10-16-15-12-17-11-14(15)13-8-5-4-6-9-13/h4-6,8-9,11H,2-3,7,10H2,1H3. The number of unbranched alkanes of at least 4 members (excludes halogenated alkanes) is 2. The first kappa shape index (κ1) is 12.2. The van der Waals surface area contributed by atoms with Crippen LogP contribution < -0.4 is 4.74 Å². The normalized spacial score (nSPS) is 10.4. The summed E-state index contributed by atoms with van der Waals surface area (Å²) in [6.07, 6.45) is 3.57. The van der Waals surface area contributed by atoms with Crippen molar-refractivity contribution in [3.05, 3.63) is 41.1 Å². The lowest BCUT2D eigenvalue weighted by Crippen LogP contribution is -1.97. The Morgan fingerprint density at radius 3 is 2.76 bits per heavy atom. The Labute approximate surface area is 107 Å². The molecule has 0 aliphatic rings. The van der Waals surface area contributed by atoms with Gasteiger partial charge in [-0.25, -0.2) is 0 Å². The lowest BCUT2D eigenvalue weighted by atomic mass is 10.1. The molecule has 0 saturated carbocycles. The topological polar surface area (TPSA) is 9.23 Å². The molecule has 0 N–H and O–H groups in total. The average molecular weight is 245 g/mol. The molecule has 1 aromatic carbocycles. The van der Waals surface area contributed by atoms with Crippen LogP contribution >= 0.6 is 11.3 Å². The van der Waals surface area contributed by atoms with Crippen LogP contribution in [0.2, 0.25) is 0 Å². The first-order valence-corrected chi connectivity index (χ1v) is 6.97. The minimum absolute atomic E-state index is 0.793. The van der Waals surface area contributed by atoms with Crippen LogP contribution in [0, 0.1) is 5.38 Å². The maximum absolute atomic E-state index is 5.79. The SMILES string of the molecule is CCCCCOc1[c]scc1-c1ccccc1. The molecule has 1 radical (unpaired) electrons. The minimum Gasteiger partial charge on any atom is -0.491 e. The second-order valence-corrected chi connectivity index (χ2v) is 4.68. The third-order valence-electron chi connectivity index (χ3n) is 2.65. The van der Waals surface area contributed by atoms with E-state index >= 15 is 0 Å². The molecular formula is C15H17OS. The van der Waals surface area contributed by atoms with E-state index in [0.717, 1.165) is 24.3 Å². The highest BCUT2D eigenvalue weighted by molar-refractivity contribution is 7.08. The van der Waals surface area contributed by atoms with E-state index < -0.39 is 0 Å². The molecule has 0 amide bonds. The zero-order valence-corrected chi connectivity index (χ0v) is 10.9. The van der Waals surface area contributed by atoms with Crippen molar-refractivity contribution in [1.82, 2.24) is 0 Å². The summed E-state index contributed by atoms with van der Waals surface area (Å²) >= 11 is 1.57. The second-order valence-electron chi connectivity index (χ2n) is 4.00. The fourth-order valence-corrected chi connectivity index (χ4v) is 2.40. The average Bonchev–Trinajstić information content (AvgIpc) is 2.84. The van der Waals surface area contributed by atoms with E-state index in [-0.39, 0.29) is 0 Å². The lowest BCUT2D eigenvalue weighted by molar-refractivity contribution is 0.308. The van der Waals surface area contributed by atoms with Crippen molar-refractivity contribution in [2.45, 2.75) is 26.2 Å². The fraction of sp³-hybridized carbons (Fsp3) is 0.333. The van der Waals surface area contributed by atoms with E-state index in [1.807, 2.05) is 18.2 Å². The Kier molecular flexibility index (Phi) is 4.63. The Morgan fingerprint density at radius 2 is 2.00 bits per heavy atom. The van der Waals surface area contributed by atoms with Crippen molar-refractivity contribution in [1.29, 1.82) is 0 Å². The molecule has 2 heteroatoms. The molecule has 1 aromatic heterocycles. The first-order chi connectivity index (χ1) is 8.42. The van der Waals surface area contributed by atoms with Gasteiger partial charge in [0.1, 0.15) is 5.75 Å². The summed E-state index contributed by atoms with van der Waals surface area (Å²) < 4.78 is 5.79. The van der Waals surface area contributed by atoms with Crippen molar-refractivity contribution in [3.8, 4) is 16.9 Å². The molecule has 0 unspecified atom stereocenters. The molecule has 1 nitrogen and oxygen atoms in total. The van der Waals surface area contributed by atoms with Gasteiger partial charge in [0.25, 0.3) is 0 Å². The third kappa shape index (κ3) is 3.34. The minimum atomic E-state index is 0.793. The van der Waals surface area contributed by atoms with Gasteiger partial charge in [0, 0.05) is 10.9 Å². The summed E-state index contributed by atoms with van der Waals surface area (Å²) in [6, 6.07) is 10.3. The smallest absolute Gasteiger partial charge is 0.146 e. The Bertz CT molecular complexity index is 433. The van der Waals surface area contributed by atoms with Crippen molar-refractivity contribution < 1.29 is 4.74 Å². The zero-order valence-electron chi connectivity index (χ0n) is 10.1. The first-order valence-electron chi connectivity index (χ1n) is 6.09. The number of hydrogen-bond donors (Lipinski definition) is 0. The van der Waals surface area contributed by atoms with Gasteiger partial charge >= 0.3 is 0 Å². The van der Waals surface area contributed by atoms with E-state index in [0.29, 0.717) is 0 Å². The highest BCUT2D eigenvalue weighted by atomic mass is 32.1. The Balaban J connectivity index is 2.02. The molecule has 2 rings (SSSR count). The molecule has 89 valence electrons. The molecule has 17 heavy (non-hydrogen) atoms. The quantitative estimate of drug-likeness (QED) is 0.665. The molecule has 0 saturated heterocycles. The van der Waals surface area contributed by atoms with Gasteiger partial charge in [-0.3, -0.25) is 0 Å². The van der Waals surface area contributed by atoms with E-state index in [9.17, 15) is 0 Å². The monoisotopic (exact) mass is 245 g/mol. The molecule has 0 bridgehead atoms. The zero-order chi connectivity index (χ0) is 11.9. The van der Waals surface area contributed by atoms with Crippen LogP contribution in [-0.2, 0) is 0 Å². The summed E-state index contributed by atoms with van der Waals surface area (Å²) in [5.74, 6) is 0.900. The van der Waals surface area contributed by atoms with Crippen LogP contribution in [0.3, 0.4) is 0 Å². The van der Waals surface area contributed by atoms with Gasteiger partial charge in [-0.05, 0) is 12.0 Å². The van der Waals surface area contributed by atoms with Crippen LogP contribution in [0.5, 0.6) is 5.75 Å². The number of hydrogen-bond acceptors (Lipinski definition) is 2. The maximum atomic E-state index is 5.79. The predicted molar refractivity (Wildman–Crippen MR) is 73.6 cm³/mol. The van der Waals surface area contributed by atoms with Gasteiger partial charge in [-0.1, -0.05) is 50.1 Å². The summed E-state index contributed by atoms with van der Waals surface area (Å²) in [6.45, 7) is 2.99. The summed E-state index contributed by atoms with van der Waals surface area (Å²) in [4.78, 5) is 0. The van der Waals surface area contributed by atoms with E-state index in [1.54, 1.807) is 11.3 Å². The molecule has 0 fully saturated rings. The highest BCUT2D eigenvalue weighted by Gasteiger charge is 2.07. The highest BCUT2D eigenvalue weighted by Crippen LogP contribution is 2.32. The van der Waals surface area contributed by atoms with Crippen LogP contribution in [-0.4, -0.2) is 6.61 Å². The maximum Gasteiger partial charge on any atom is 0.146 e. The number of thiophene rings is 1. The van der Waals surface area contributed by atoms with Crippen molar-refractivity contribution in [2.24, 2.45) is 0 Å². The fourth-order valence-electron chi connectivity index (χ4n) is 1.70. The molecule has 0 aliphatic heterocycles. The second kappa shape index (κ2) is 6.45. The number of benzene rings is 1. The van der Waals surface area contributed by atoms with Crippen molar-refractivity contribution in [3.63, 3.8) is 0 Å². The van der Waals surface area contributed by atoms with Gasteiger partial charge in [-0.15, -0.1) is 11.3 Å². The van der Waals surface area contributed by atoms with E-state index in [4.69, 9.17) is 4.74 Å². The molecule has 0 aliphatic carbocycles. The summed E-state index contributed by atoms with van der Waals surface area (Å²) in [7, 11) is 0. The molecule has 1 heterocycles.